The molecule has 2 rings (SSSR count). The molecular weight excluding hydrogens is 228 g/mol. The molecule has 2 aliphatic heterocycles. The molecular formula is C10H16N2O5. The Kier molecular flexibility index (Phi) is 3.63. The topological polar surface area (TPSA) is 102 Å². The Hall–Kier alpha value is -1.15. The summed E-state index contributed by atoms with van der Waals surface area (Å²) in [6.07, 6.45) is -0.652. The zero-order chi connectivity index (χ0) is 12.4. The fourth-order valence-electron chi connectivity index (χ4n) is 1.96. The number of carbonyl (C=O) groups is 1. The van der Waals surface area contributed by atoms with E-state index in [1.807, 2.05) is 0 Å². The molecule has 0 aromatic rings. The van der Waals surface area contributed by atoms with Gasteiger partial charge in [0.05, 0.1) is 6.61 Å². The molecule has 7 heteroatoms. The first kappa shape index (κ1) is 12.3. The Bertz CT molecular complexity index is 322. The number of aliphatic hydroxyl groups is 3. The van der Waals surface area contributed by atoms with Crippen LogP contribution < -0.4 is 5.32 Å². The lowest BCUT2D eigenvalue weighted by atomic mass is 10.1. The number of rotatable bonds is 2. The van der Waals surface area contributed by atoms with Crippen molar-refractivity contribution in [3.05, 3.63) is 12.2 Å². The summed E-state index contributed by atoms with van der Waals surface area (Å²) in [4.78, 5) is 13.0. The minimum Gasteiger partial charge on any atom is -0.394 e. The van der Waals surface area contributed by atoms with Crippen LogP contribution in [0, 0.1) is 0 Å². The number of hydrogen-bond donors (Lipinski definition) is 4. The summed E-state index contributed by atoms with van der Waals surface area (Å²) >= 11 is 0. The van der Waals surface area contributed by atoms with E-state index in [2.05, 4.69) is 5.32 Å². The van der Waals surface area contributed by atoms with Gasteiger partial charge in [0.2, 0.25) is 0 Å². The summed E-state index contributed by atoms with van der Waals surface area (Å²) in [5.41, 5.74) is 0. The number of hydrogen-bond acceptors (Lipinski definition) is 5. The van der Waals surface area contributed by atoms with Crippen molar-refractivity contribution in [3.63, 3.8) is 0 Å². The Morgan fingerprint density at radius 3 is 2.82 bits per heavy atom. The monoisotopic (exact) mass is 244 g/mol. The second-order valence-electron chi connectivity index (χ2n) is 4.04. The van der Waals surface area contributed by atoms with Gasteiger partial charge in [0, 0.05) is 13.1 Å². The number of ether oxygens (including phenoxy) is 1. The molecule has 1 fully saturated rings. The van der Waals surface area contributed by atoms with Gasteiger partial charge in [-0.05, 0) is 0 Å². The third-order valence-corrected chi connectivity index (χ3v) is 2.93. The summed E-state index contributed by atoms with van der Waals surface area (Å²) in [6, 6.07) is -0.371. The number of nitrogens with one attached hydrogen (secondary N) is 1. The predicted octanol–water partition coefficient (Wildman–Crippen LogP) is -1.99. The van der Waals surface area contributed by atoms with Crippen LogP contribution in [0.5, 0.6) is 0 Å². The second-order valence-corrected chi connectivity index (χ2v) is 4.04. The van der Waals surface area contributed by atoms with E-state index in [1.54, 1.807) is 12.2 Å². The van der Waals surface area contributed by atoms with Gasteiger partial charge in [-0.3, -0.25) is 4.90 Å². The van der Waals surface area contributed by atoms with E-state index in [-0.39, 0.29) is 6.03 Å². The minimum atomic E-state index is -1.22. The molecule has 0 aromatic carbocycles. The first-order valence-electron chi connectivity index (χ1n) is 5.47. The molecule has 0 saturated carbocycles. The predicted molar refractivity (Wildman–Crippen MR) is 57.0 cm³/mol. The van der Waals surface area contributed by atoms with Gasteiger partial charge in [-0.25, -0.2) is 4.79 Å². The molecule has 0 aliphatic carbocycles. The van der Waals surface area contributed by atoms with E-state index < -0.39 is 31.1 Å². The van der Waals surface area contributed by atoms with E-state index in [0.29, 0.717) is 13.1 Å². The average Bonchev–Trinajstić information content (AvgIpc) is 2.51. The Balaban J connectivity index is 2.11. The maximum atomic E-state index is 11.7. The van der Waals surface area contributed by atoms with E-state index in [0.717, 1.165) is 0 Å². The van der Waals surface area contributed by atoms with Crippen LogP contribution in [0.2, 0.25) is 0 Å². The lowest BCUT2D eigenvalue weighted by Crippen LogP contribution is -2.50. The highest BCUT2D eigenvalue weighted by Crippen LogP contribution is 2.24. The van der Waals surface area contributed by atoms with Gasteiger partial charge in [0.1, 0.15) is 18.3 Å². The van der Waals surface area contributed by atoms with Gasteiger partial charge in [-0.1, -0.05) is 12.2 Å². The second kappa shape index (κ2) is 5.01. The Morgan fingerprint density at radius 1 is 1.41 bits per heavy atom. The molecule has 1 saturated heterocycles. The molecule has 0 radical (unpaired) electrons. The van der Waals surface area contributed by atoms with Gasteiger partial charge in [-0.2, -0.15) is 0 Å². The third-order valence-electron chi connectivity index (χ3n) is 2.93. The lowest BCUT2D eigenvalue weighted by Gasteiger charge is -2.28. The maximum absolute atomic E-state index is 11.7. The van der Waals surface area contributed by atoms with Crippen LogP contribution in [-0.2, 0) is 4.74 Å². The molecule has 2 heterocycles. The SMILES string of the molecule is O=C1NCC=CCN1C1O[C@H](CO)[C@@H](O)[C@H]1O. The molecule has 7 nitrogen and oxygen atoms in total. The smallest absolute Gasteiger partial charge is 0.320 e. The summed E-state index contributed by atoms with van der Waals surface area (Å²) in [5, 5.41) is 31.0. The van der Waals surface area contributed by atoms with Crippen LogP contribution in [0.4, 0.5) is 4.79 Å². The number of urea groups is 1. The standard InChI is InChI=1S/C10H16N2O5/c13-5-6-7(14)8(15)9(17-6)12-4-2-1-3-11-10(12)16/h1-2,6-9,13-15H,3-5H2,(H,11,16)/t6-,7-,8-,9?/m1/s1. The molecule has 96 valence electrons. The maximum Gasteiger partial charge on any atom is 0.320 e. The number of amides is 2. The fourth-order valence-corrected chi connectivity index (χ4v) is 1.96. The van der Waals surface area contributed by atoms with E-state index >= 15 is 0 Å². The Morgan fingerprint density at radius 2 is 2.18 bits per heavy atom. The van der Waals surface area contributed by atoms with Crippen molar-refractivity contribution >= 4 is 6.03 Å². The molecule has 0 aromatic heterocycles. The van der Waals surface area contributed by atoms with Crippen LogP contribution in [0.3, 0.4) is 0 Å². The van der Waals surface area contributed by atoms with Gasteiger partial charge in [0.25, 0.3) is 0 Å². The zero-order valence-corrected chi connectivity index (χ0v) is 9.19. The molecule has 4 atom stereocenters. The van der Waals surface area contributed by atoms with E-state index in [1.165, 1.54) is 4.90 Å². The highest BCUT2D eigenvalue weighted by molar-refractivity contribution is 5.75. The molecule has 2 amide bonds. The first-order valence-corrected chi connectivity index (χ1v) is 5.47. The molecule has 2 aliphatic rings. The van der Waals surface area contributed by atoms with Crippen molar-refractivity contribution in [1.82, 2.24) is 10.2 Å². The van der Waals surface area contributed by atoms with Crippen molar-refractivity contribution < 1.29 is 24.9 Å². The summed E-state index contributed by atoms with van der Waals surface area (Å²) in [6.45, 7) is 0.308. The fraction of sp³-hybridized carbons (Fsp3) is 0.700. The number of aliphatic hydroxyl groups excluding tert-OH is 3. The number of nitrogens with zero attached hydrogens (tertiary/aromatic N) is 1. The minimum absolute atomic E-state index is 0.290. The largest absolute Gasteiger partial charge is 0.394 e. The summed E-state index contributed by atoms with van der Waals surface area (Å²) in [5.74, 6) is 0. The van der Waals surface area contributed by atoms with Gasteiger partial charge in [0.15, 0.2) is 6.23 Å². The van der Waals surface area contributed by atoms with Crippen molar-refractivity contribution in [2.75, 3.05) is 19.7 Å². The molecule has 4 N–H and O–H groups in total. The van der Waals surface area contributed by atoms with Gasteiger partial charge in [-0.15, -0.1) is 0 Å². The van der Waals surface area contributed by atoms with Crippen LogP contribution in [0.15, 0.2) is 12.2 Å². The molecule has 0 spiro atoms. The van der Waals surface area contributed by atoms with Gasteiger partial charge < -0.3 is 25.4 Å². The van der Waals surface area contributed by atoms with Crippen molar-refractivity contribution in [2.45, 2.75) is 24.5 Å². The van der Waals surface area contributed by atoms with Crippen molar-refractivity contribution in [1.29, 1.82) is 0 Å². The highest BCUT2D eigenvalue weighted by atomic mass is 16.6. The highest BCUT2D eigenvalue weighted by Gasteiger charge is 2.46. The van der Waals surface area contributed by atoms with Crippen molar-refractivity contribution in [2.24, 2.45) is 0 Å². The first-order chi connectivity index (χ1) is 8.15. The lowest BCUT2D eigenvalue weighted by molar-refractivity contribution is -0.0755. The normalized spacial score (nSPS) is 38.1. The quantitative estimate of drug-likeness (QED) is 0.421. The van der Waals surface area contributed by atoms with Crippen LogP contribution in [0.1, 0.15) is 0 Å². The van der Waals surface area contributed by atoms with Crippen molar-refractivity contribution in [3.8, 4) is 0 Å². The summed E-state index contributed by atoms with van der Waals surface area (Å²) < 4.78 is 5.28. The van der Waals surface area contributed by atoms with E-state index in [4.69, 9.17) is 9.84 Å². The Labute approximate surface area is 98.3 Å². The third kappa shape index (κ3) is 2.27. The van der Waals surface area contributed by atoms with E-state index in [9.17, 15) is 15.0 Å². The van der Waals surface area contributed by atoms with Crippen LogP contribution >= 0.6 is 0 Å². The average molecular weight is 244 g/mol. The molecule has 1 unspecified atom stereocenters. The zero-order valence-electron chi connectivity index (χ0n) is 9.19. The van der Waals surface area contributed by atoms with Crippen LogP contribution in [0.25, 0.3) is 0 Å². The summed E-state index contributed by atoms with van der Waals surface area (Å²) in [7, 11) is 0. The number of carbonyl (C=O) groups excluding carboxylic acids is 1. The molecule has 17 heavy (non-hydrogen) atoms. The van der Waals surface area contributed by atoms with Crippen LogP contribution in [-0.4, -0.2) is 70.5 Å². The van der Waals surface area contributed by atoms with Gasteiger partial charge >= 0.3 is 6.03 Å². The molecule has 0 bridgehead atoms.